The zero-order valence-corrected chi connectivity index (χ0v) is 15.6. The van der Waals surface area contributed by atoms with Crippen molar-refractivity contribution < 1.29 is 18.0 Å². The van der Waals surface area contributed by atoms with E-state index in [0.717, 1.165) is 31.5 Å². The van der Waals surface area contributed by atoms with Gasteiger partial charge in [0.1, 0.15) is 0 Å². The Balaban J connectivity index is 1.97. The van der Waals surface area contributed by atoms with Crippen molar-refractivity contribution in [3.05, 3.63) is 41.3 Å². The van der Waals surface area contributed by atoms with Gasteiger partial charge in [-0.25, -0.2) is 9.67 Å². The van der Waals surface area contributed by atoms with Gasteiger partial charge >= 0.3 is 6.18 Å². The van der Waals surface area contributed by atoms with Gasteiger partial charge in [0.05, 0.1) is 23.0 Å². The van der Waals surface area contributed by atoms with Gasteiger partial charge in [-0.1, -0.05) is 13.8 Å². The standard InChI is InChI=1S/C19H23F3N4O/c1-12(2)17-15(18(27)25-9-5-4-6-13(25)3)11-24-26(17)16-8-7-14(10-23-16)19(20,21)22/h7-8,10-13H,4-6,9H2,1-3H3. The summed E-state index contributed by atoms with van der Waals surface area (Å²) in [5, 5.41) is 4.27. The van der Waals surface area contributed by atoms with Crippen molar-refractivity contribution in [3.63, 3.8) is 0 Å². The zero-order valence-electron chi connectivity index (χ0n) is 15.6. The maximum absolute atomic E-state index is 13.1. The van der Waals surface area contributed by atoms with Gasteiger partial charge in [0.25, 0.3) is 5.91 Å². The lowest BCUT2D eigenvalue weighted by molar-refractivity contribution is -0.137. The molecule has 2 aromatic heterocycles. The minimum Gasteiger partial charge on any atom is -0.336 e. The molecule has 0 radical (unpaired) electrons. The Morgan fingerprint density at radius 3 is 2.52 bits per heavy atom. The van der Waals surface area contributed by atoms with E-state index in [0.29, 0.717) is 17.8 Å². The molecule has 27 heavy (non-hydrogen) atoms. The third kappa shape index (κ3) is 3.84. The zero-order chi connectivity index (χ0) is 19.8. The summed E-state index contributed by atoms with van der Waals surface area (Å²) in [6.07, 6.45) is 0.894. The van der Waals surface area contributed by atoms with Crippen LogP contribution in [0.5, 0.6) is 0 Å². The van der Waals surface area contributed by atoms with Gasteiger partial charge in [-0.2, -0.15) is 18.3 Å². The second kappa shape index (κ2) is 7.32. The Labute approximate surface area is 156 Å². The van der Waals surface area contributed by atoms with E-state index in [1.54, 1.807) is 0 Å². The molecule has 3 rings (SSSR count). The average Bonchev–Trinajstić information content (AvgIpc) is 3.06. The van der Waals surface area contributed by atoms with Gasteiger partial charge in [0, 0.05) is 18.8 Å². The van der Waals surface area contributed by atoms with Crippen LogP contribution in [0.3, 0.4) is 0 Å². The quantitative estimate of drug-likeness (QED) is 0.792. The van der Waals surface area contributed by atoms with Crippen molar-refractivity contribution in [1.29, 1.82) is 0 Å². The summed E-state index contributed by atoms with van der Waals surface area (Å²) in [5.41, 5.74) is 0.327. The van der Waals surface area contributed by atoms with E-state index >= 15 is 0 Å². The lowest BCUT2D eigenvalue weighted by atomic mass is 10.00. The fourth-order valence-electron chi connectivity index (χ4n) is 3.49. The van der Waals surface area contributed by atoms with Gasteiger partial charge in [0.15, 0.2) is 5.82 Å². The number of rotatable bonds is 3. The smallest absolute Gasteiger partial charge is 0.336 e. The third-order valence-electron chi connectivity index (χ3n) is 4.94. The highest BCUT2D eigenvalue weighted by molar-refractivity contribution is 5.95. The van der Waals surface area contributed by atoms with E-state index in [4.69, 9.17) is 0 Å². The molecule has 1 fully saturated rings. The van der Waals surface area contributed by atoms with Gasteiger partial charge in [-0.15, -0.1) is 0 Å². The van der Waals surface area contributed by atoms with E-state index < -0.39 is 11.7 Å². The first kappa shape index (κ1) is 19.4. The first-order valence-electron chi connectivity index (χ1n) is 9.12. The summed E-state index contributed by atoms with van der Waals surface area (Å²) in [6.45, 7) is 6.59. The van der Waals surface area contributed by atoms with Crippen LogP contribution in [0.25, 0.3) is 5.82 Å². The Morgan fingerprint density at radius 2 is 1.96 bits per heavy atom. The third-order valence-corrected chi connectivity index (χ3v) is 4.94. The molecule has 0 bridgehead atoms. The van der Waals surface area contributed by atoms with Gasteiger partial charge < -0.3 is 4.90 Å². The van der Waals surface area contributed by atoms with Crippen molar-refractivity contribution in [1.82, 2.24) is 19.7 Å². The number of likely N-dealkylation sites (tertiary alicyclic amines) is 1. The first-order chi connectivity index (χ1) is 12.7. The van der Waals surface area contributed by atoms with Crippen molar-refractivity contribution >= 4 is 5.91 Å². The summed E-state index contributed by atoms with van der Waals surface area (Å²) >= 11 is 0. The number of carbonyl (C=O) groups is 1. The number of pyridine rings is 1. The molecule has 1 saturated heterocycles. The molecule has 1 atom stereocenters. The minimum absolute atomic E-state index is 0.0457. The molecule has 1 unspecified atom stereocenters. The predicted octanol–water partition coefficient (Wildman–Crippen LogP) is 4.42. The molecule has 0 aliphatic carbocycles. The Morgan fingerprint density at radius 1 is 1.22 bits per heavy atom. The molecule has 0 aromatic carbocycles. The Kier molecular flexibility index (Phi) is 5.26. The summed E-state index contributed by atoms with van der Waals surface area (Å²) in [5.74, 6) is 0.136. The molecule has 0 spiro atoms. The molecule has 0 N–H and O–H groups in total. The van der Waals surface area contributed by atoms with Crippen LogP contribution in [-0.4, -0.2) is 38.2 Å². The van der Waals surface area contributed by atoms with E-state index in [9.17, 15) is 18.0 Å². The minimum atomic E-state index is -4.44. The van der Waals surface area contributed by atoms with Crippen molar-refractivity contribution in [3.8, 4) is 5.82 Å². The molecular formula is C19H23F3N4O. The van der Waals surface area contributed by atoms with E-state index in [1.807, 2.05) is 25.7 Å². The molecule has 0 saturated carbocycles. The number of hydrogen-bond donors (Lipinski definition) is 0. The van der Waals surface area contributed by atoms with Crippen LogP contribution in [0.1, 0.15) is 67.6 Å². The molecule has 5 nitrogen and oxygen atoms in total. The SMILES string of the molecule is CC(C)c1c(C(=O)N2CCCCC2C)cnn1-c1ccc(C(F)(F)F)cn1. The number of hydrogen-bond acceptors (Lipinski definition) is 3. The van der Waals surface area contributed by atoms with Crippen LogP contribution in [0.2, 0.25) is 0 Å². The maximum Gasteiger partial charge on any atom is 0.417 e. The molecule has 1 aliphatic heterocycles. The largest absolute Gasteiger partial charge is 0.417 e. The monoisotopic (exact) mass is 380 g/mol. The molecule has 3 heterocycles. The molecule has 1 aliphatic rings. The summed E-state index contributed by atoms with van der Waals surface area (Å²) < 4.78 is 39.8. The fraction of sp³-hybridized carbons (Fsp3) is 0.526. The second-order valence-electron chi connectivity index (χ2n) is 7.26. The topological polar surface area (TPSA) is 51.0 Å². The average molecular weight is 380 g/mol. The maximum atomic E-state index is 13.1. The van der Waals surface area contributed by atoms with Crippen LogP contribution < -0.4 is 0 Å². The van der Waals surface area contributed by atoms with Crippen LogP contribution >= 0.6 is 0 Å². The Bertz CT molecular complexity index is 811. The van der Waals surface area contributed by atoms with E-state index in [2.05, 4.69) is 10.1 Å². The number of alkyl halides is 3. The number of amides is 1. The van der Waals surface area contributed by atoms with Gasteiger partial charge in [0.2, 0.25) is 0 Å². The van der Waals surface area contributed by atoms with Gasteiger partial charge in [-0.3, -0.25) is 4.79 Å². The highest BCUT2D eigenvalue weighted by Crippen LogP contribution is 2.30. The highest BCUT2D eigenvalue weighted by atomic mass is 19.4. The molecule has 146 valence electrons. The summed E-state index contributed by atoms with van der Waals surface area (Å²) in [6, 6.07) is 2.42. The van der Waals surface area contributed by atoms with E-state index in [1.165, 1.54) is 16.9 Å². The summed E-state index contributed by atoms with van der Waals surface area (Å²) in [7, 11) is 0. The normalized spacial score (nSPS) is 18.2. The first-order valence-corrected chi connectivity index (χ1v) is 9.12. The number of halogens is 3. The molecule has 1 amide bonds. The van der Waals surface area contributed by atoms with Crippen LogP contribution in [0, 0.1) is 0 Å². The number of carbonyl (C=O) groups excluding carboxylic acids is 1. The van der Waals surface area contributed by atoms with Crippen LogP contribution in [0.15, 0.2) is 24.5 Å². The van der Waals surface area contributed by atoms with Gasteiger partial charge in [-0.05, 0) is 44.2 Å². The molecule has 2 aromatic rings. The number of aromatic nitrogens is 3. The summed E-state index contributed by atoms with van der Waals surface area (Å²) in [4.78, 5) is 18.8. The van der Waals surface area contributed by atoms with Crippen molar-refractivity contribution in [2.45, 2.75) is 58.2 Å². The van der Waals surface area contributed by atoms with Crippen molar-refractivity contribution in [2.75, 3.05) is 6.54 Å². The van der Waals surface area contributed by atoms with Crippen LogP contribution in [-0.2, 0) is 6.18 Å². The highest BCUT2D eigenvalue weighted by Gasteiger charge is 2.32. The lowest BCUT2D eigenvalue weighted by Gasteiger charge is -2.33. The lowest BCUT2D eigenvalue weighted by Crippen LogP contribution is -2.42. The van der Waals surface area contributed by atoms with Crippen molar-refractivity contribution in [2.24, 2.45) is 0 Å². The fourth-order valence-corrected chi connectivity index (χ4v) is 3.49. The molecule has 8 heteroatoms. The Hall–Kier alpha value is -2.38. The van der Waals surface area contributed by atoms with Crippen LogP contribution in [0.4, 0.5) is 13.2 Å². The number of piperidine rings is 1. The van der Waals surface area contributed by atoms with E-state index in [-0.39, 0.29) is 23.7 Å². The molecular weight excluding hydrogens is 357 g/mol. The second-order valence-corrected chi connectivity index (χ2v) is 7.26. The number of nitrogens with zero attached hydrogens (tertiary/aromatic N) is 4. The predicted molar refractivity (Wildman–Crippen MR) is 94.8 cm³/mol.